The van der Waals surface area contributed by atoms with E-state index >= 15 is 0 Å². The van der Waals surface area contributed by atoms with Gasteiger partial charge in [-0.1, -0.05) is 40.0 Å². The van der Waals surface area contributed by atoms with Crippen molar-refractivity contribution in [3.63, 3.8) is 0 Å². The van der Waals surface area contributed by atoms with E-state index in [1.54, 1.807) is 22.7 Å². The van der Waals surface area contributed by atoms with Crippen LogP contribution in [0.4, 0.5) is 10.6 Å². The number of nitrogens with zero attached hydrogens (tertiary/aromatic N) is 3. The van der Waals surface area contributed by atoms with E-state index in [0.29, 0.717) is 31.0 Å². The van der Waals surface area contributed by atoms with Crippen molar-refractivity contribution in [2.45, 2.75) is 72.8 Å². The molecule has 0 atom stereocenters. The lowest BCUT2D eigenvalue weighted by Gasteiger charge is -2.21. The average Bonchev–Trinajstić information content (AvgIpc) is 3.05. The molecule has 1 aromatic heterocycles. The van der Waals surface area contributed by atoms with Gasteiger partial charge < -0.3 is 10.1 Å². The van der Waals surface area contributed by atoms with Crippen molar-refractivity contribution in [3.05, 3.63) is 11.8 Å². The summed E-state index contributed by atoms with van der Waals surface area (Å²) in [7, 11) is 0. The molecule has 0 unspecified atom stereocenters. The summed E-state index contributed by atoms with van der Waals surface area (Å²) in [4.78, 5) is 26.7. The lowest BCUT2D eigenvalue weighted by Crippen LogP contribution is -2.42. The molecule has 0 bridgehead atoms. The molecule has 0 radical (unpaired) electrons. The van der Waals surface area contributed by atoms with Gasteiger partial charge >= 0.3 is 12.0 Å². The summed E-state index contributed by atoms with van der Waals surface area (Å²) in [5.74, 6) is -0.0462. The third-order valence-corrected chi connectivity index (χ3v) is 4.02. The summed E-state index contributed by atoms with van der Waals surface area (Å²) in [5, 5.41) is 7.46. The summed E-state index contributed by atoms with van der Waals surface area (Å²) in [6, 6.07) is -0.210. The van der Waals surface area contributed by atoms with Crippen LogP contribution in [0, 0.1) is 0 Å². The van der Waals surface area contributed by atoms with E-state index in [4.69, 9.17) is 4.74 Å². The SMILES string of the molecule is CCCCNC(=O)N(CCCC)c1nn(CCCC)cc1C(=O)OCC. The van der Waals surface area contributed by atoms with Crippen LogP contribution < -0.4 is 10.2 Å². The molecule has 2 amide bonds. The van der Waals surface area contributed by atoms with Gasteiger partial charge in [-0.3, -0.25) is 9.58 Å². The number of hydrogen-bond acceptors (Lipinski definition) is 4. The Labute approximate surface area is 157 Å². The first-order valence-electron chi connectivity index (χ1n) is 9.88. The Morgan fingerprint density at radius 1 is 1.12 bits per heavy atom. The highest BCUT2D eigenvalue weighted by molar-refractivity contribution is 6.00. The molecule has 148 valence electrons. The number of hydrogen-bond donors (Lipinski definition) is 1. The van der Waals surface area contributed by atoms with E-state index in [1.807, 2.05) is 0 Å². The number of rotatable bonds is 12. The normalized spacial score (nSPS) is 10.6. The Morgan fingerprint density at radius 2 is 1.81 bits per heavy atom. The third-order valence-electron chi connectivity index (χ3n) is 4.02. The van der Waals surface area contributed by atoms with Gasteiger partial charge in [-0.05, 0) is 26.2 Å². The number of carbonyl (C=O) groups is 2. The van der Waals surface area contributed by atoms with Crippen molar-refractivity contribution in [2.75, 3.05) is 24.6 Å². The quantitative estimate of drug-likeness (QED) is 0.448. The minimum Gasteiger partial charge on any atom is -0.462 e. The highest BCUT2D eigenvalue weighted by atomic mass is 16.5. The maximum atomic E-state index is 12.7. The van der Waals surface area contributed by atoms with E-state index < -0.39 is 5.97 Å². The van der Waals surface area contributed by atoms with E-state index in [0.717, 1.165) is 38.5 Å². The molecule has 26 heavy (non-hydrogen) atoms. The molecule has 1 heterocycles. The minimum atomic E-state index is -0.437. The molecule has 0 spiro atoms. The first kappa shape index (κ1) is 22.0. The van der Waals surface area contributed by atoms with Crippen LogP contribution in [-0.4, -0.2) is 41.5 Å². The lowest BCUT2D eigenvalue weighted by atomic mass is 10.2. The van der Waals surface area contributed by atoms with Gasteiger partial charge in [0.15, 0.2) is 5.82 Å². The second-order valence-electron chi connectivity index (χ2n) is 6.29. The van der Waals surface area contributed by atoms with Crippen LogP contribution >= 0.6 is 0 Å². The number of urea groups is 1. The standard InChI is InChI=1S/C19H34N4O3/c1-5-9-12-20-19(25)23(14-11-7-3)17-16(18(24)26-8-4)15-22(21-17)13-10-6-2/h15H,5-14H2,1-4H3,(H,20,25). The summed E-state index contributed by atoms with van der Waals surface area (Å²) in [5.41, 5.74) is 0.352. The number of amides is 2. The number of nitrogens with one attached hydrogen (secondary N) is 1. The Morgan fingerprint density at radius 3 is 2.42 bits per heavy atom. The van der Waals surface area contributed by atoms with Crippen LogP contribution in [0.3, 0.4) is 0 Å². The maximum Gasteiger partial charge on any atom is 0.343 e. The van der Waals surface area contributed by atoms with Crippen molar-refractivity contribution in [1.29, 1.82) is 0 Å². The Hall–Kier alpha value is -2.05. The molecule has 7 nitrogen and oxygen atoms in total. The lowest BCUT2D eigenvalue weighted by molar-refractivity contribution is 0.0527. The first-order valence-corrected chi connectivity index (χ1v) is 9.88. The zero-order valence-corrected chi connectivity index (χ0v) is 16.7. The average molecular weight is 367 g/mol. The molecule has 0 aromatic carbocycles. The Bertz CT molecular complexity index is 557. The van der Waals surface area contributed by atoms with Gasteiger partial charge in [0.05, 0.1) is 6.61 Å². The van der Waals surface area contributed by atoms with Crippen LogP contribution in [0.1, 0.15) is 76.6 Å². The Kier molecular flexibility index (Phi) is 10.4. The number of carbonyl (C=O) groups excluding carboxylic acids is 2. The van der Waals surface area contributed by atoms with E-state index in [-0.39, 0.29) is 12.6 Å². The van der Waals surface area contributed by atoms with Crippen molar-refractivity contribution >= 4 is 17.8 Å². The van der Waals surface area contributed by atoms with Crippen molar-refractivity contribution in [2.24, 2.45) is 0 Å². The van der Waals surface area contributed by atoms with E-state index in [1.165, 1.54) is 0 Å². The zero-order chi connectivity index (χ0) is 19.4. The topological polar surface area (TPSA) is 76.5 Å². The van der Waals surface area contributed by atoms with Crippen molar-refractivity contribution in [3.8, 4) is 0 Å². The number of unbranched alkanes of at least 4 members (excludes halogenated alkanes) is 3. The highest BCUT2D eigenvalue weighted by Gasteiger charge is 2.26. The van der Waals surface area contributed by atoms with Crippen LogP contribution in [0.5, 0.6) is 0 Å². The summed E-state index contributed by atoms with van der Waals surface area (Å²) in [6.45, 7) is 10.2. The van der Waals surface area contributed by atoms with Gasteiger partial charge in [0.1, 0.15) is 5.56 Å². The number of anilines is 1. The molecule has 0 aliphatic carbocycles. The predicted octanol–water partition coefficient (Wildman–Crippen LogP) is 3.98. The van der Waals surface area contributed by atoms with Crippen LogP contribution in [0.2, 0.25) is 0 Å². The summed E-state index contributed by atoms with van der Waals surface area (Å²) >= 11 is 0. The molecule has 1 rings (SSSR count). The summed E-state index contributed by atoms with van der Waals surface area (Å²) < 4.78 is 6.91. The second-order valence-corrected chi connectivity index (χ2v) is 6.29. The highest BCUT2D eigenvalue weighted by Crippen LogP contribution is 2.21. The molecular weight excluding hydrogens is 332 g/mol. The molecule has 0 saturated heterocycles. The van der Waals surface area contributed by atoms with Crippen LogP contribution in [-0.2, 0) is 11.3 Å². The molecule has 7 heteroatoms. The molecule has 0 saturated carbocycles. The zero-order valence-electron chi connectivity index (χ0n) is 16.7. The fraction of sp³-hybridized carbons (Fsp3) is 0.737. The fourth-order valence-electron chi connectivity index (χ4n) is 2.49. The van der Waals surface area contributed by atoms with Crippen LogP contribution in [0.15, 0.2) is 6.20 Å². The van der Waals surface area contributed by atoms with E-state index in [2.05, 4.69) is 31.2 Å². The molecule has 0 aliphatic heterocycles. The first-order chi connectivity index (χ1) is 12.6. The van der Waals surface area contributed by atoms with E-state index in [9.17, 15) is 9.59 Å². The van der Waals surface area contributed by atoms with Gasteiger partial charge in [-0.15, -0.1) is 0 Å². The van der Waals surface area contributed by atoms with Gasteiger partial charge in [-0.2, -0.15) is 5.10 Å². The molecule has 1 N–H and O–H groups in total. The number of aryl methyl sites for hydroxylation is 1. The van der Waals surface area contributed by atoms with Crippen molar-refractivity contribution < 1.29 is 14.3 Å². The van der Waals surface area contributed by atoms with Gasteiger partial charge in [0.2, 0.25) is 0 Å². The van der Waals surface area contributed by atoms with Gasteiger partial charge in [0.25, 0.3) is 0 Å². The van der Waals surface area contributed by atoms with Crippen molar-refractivity contribution in [1.82, 2.24) is 15.1 Å². The third kappa shape index (κ3) is 6.69. The molecular formula is C19H34N4O3. The van der Waals surface area contributed by atoms with Gasteiger partial charge in [-0.25, -0.2) is 9.59 Å². The largest absolute Gasteiger partial charge is 0.462 e. The fourth-order valence-corrected chi connectivity index (χ4v) is 2.49. The minimum absolute atomic E-state index is 0.210. The monoisotopic (exact) mass is 366 g/mol. The number of esters is 1. The smallest absolute Gasteiger partial charge is 0.343 e. The Balaban J connectivity index is 3.12. The predicted molar refractivity (Wildman–Crippen MR) is 104 cm³/mol. The maximum absolute atomic E-state index is 12.7. The van der Waals surface area contributed by atoms with Gasteiger partial charge in [0, 0.05) is 25.8 Å². The molecule has 1 aromatic rings. The second kappa shape index (κ2) is 12.3. The summed E-state index contributed by atoms with van der Waals surface area (Å²) in [6.07, 6.45) is 7.40. The number of aromatic nitrogens is 2. The molecule has 0 fully saturated rings. The van der Waals surface area contributed by atoms with Crippen LogP contribution in [0.25, 0.3) is 0 Å². The number of ether oxygens (including phenoxy) is 1. The molecule has 0 aliphatic rings.